The van der Waals surface area contributed by atoms with Crippen LogP contribution in [0, 0.1) is 6.92 Å². The Labute approximate surface area is 143 Å². The van der Waals surface area contributed by atoms with Crippen molar-refractivity contribution in [3.8, 4) is 0 Å². The van der Waals surface area contributed by atoms with Crippen LogP contribution in [-0.2, 0) is 14.0 Å². The van der Waals surface area contributed by atoms with Gasteiger partial charge in [-0.15, -0.1) is 0 Å². The number of esters is 1. The van der Waals surface area contributed by atoms with Crippen molar-refractivity contribution in [3.05, 3.63) is 40.4 Å². The molecule has 1 saturated heterocycles. The fourth-order valence-electron chi connectivity index (χ4n) is 2.46. The topological polar surface area (TPSA) is 65.0 Å². The Morgan fingerprint density at radius 2 is 1.83 bits per heavy atom. The molecule has 0 unspecified atom stereocenters. The van der Waals surface area contributed by atoms with Crippen LogP contribution in [0.2, 0.25) is 0 Å². The third-order valence-electron chi connectivity index (χ3n) is 4.77. The molecule has 0 aromatic heterocycles. The highest BCUT2D eigenvalue weighted by atomic mass is 16.7. The summed E-state index contributed by atoms with van der Waals surface area (Å²) in [5, 5.41) is 9.76. The van der Waals surface area contributed by atoms with Crippen molar-refractivity contribution in [2.75, 3.05) is 13.7 Å². The fourth-order valence-corrected chi connectivity index (χ4v) is 2.46. The van der Waals surface area contributed by atoms with Gasteiger partial charge in [-0.25, -0.2) is 4.79 Å². The predicted molar refractivity (Wildman–Crippen MR) is 93.7 cm³/mol. The average molecular weight is 332 g/mol. The van der Waals surface area contributed by atoms with Gasteiger partial charge in [0.2, 0.25) is 0 Å². The molecule has 24 heavy (non-hydrogen) atoms. The molecule has 0 atom stereocenters. The van der Waals surface area contributed by atoms with Crippen LogP contribution in [0.15, 0.2) is 23.7 Å². The van der Waals surface area contributed by atoms with Gasteiger partial charge in [-0.1, -0.05) is 12.1 Å². The van der Waals surface area contributed by atoms with E-state index in [-0.39, 0.29) is 12.6 Å². The lowest BCUT2D eigenvalue weighted by Crippen LogP contribution is -2.41. The molecule has 1 N–H and O–H groups in total. The monoisotopic (exact) mass is 332 g/mol. The van der Waals surface area contributed by atoms with E-state index in [9.17, 15) is 9.90 Å². The molecule has 1 aliphatic rings. The van der Waals surface area contributed by atoms with Crippen LogP contribution < -0.4 is 0 Å². The summed E-state index contributed by atoms with van der Waals surface area (Å²) in [6.45, 7) is 9.61. The maximum absolute atomic E-state index is 11.6. The van der Waals surface area contributed by atoms with Crippen molar-refractivity contribution in [3.63, 3.8) is 0 Å². The minimum atomic E-state index is -0.598. The molecule has 0 saturated carbocycles. The van der Waals surface area contributed by atoms with Gasteiger partial charge in [0, 0.05) is 0 Å². The van der Waals surface area contributed by atoms with Gasteiger partial charge in [-0.05, 0) is 63.4 Å². The third-order valence-corrected chi connectivity index (χ3v) is 4.77. The standard InChI is InChI=1S/C18H25BO5/c1-12-9-14(16(21)22-6)8-7-13(12)10-15(11-20)19-23-17(2,3)18(4,5)24-19/h7-10,20H,11H2,1-6H3. The van der Waals surface area contributed by atoms with E-state index in [1.165, 1.54) is 7.11 Å². The van der Waals surface area contributed by atoms with Crippen LogP contribution in [0.5, 0.6) is 0 Å². The second-order valence-electron chi connectivity index (χ2n) is 7.03. The lowest BCUT2D eigenvalue weighted by Gasteiger charge is -2.32. The summed E-state index contributed by atoms with van der Waals surface area (Å²) in [5.74, 6) is -0.373. The largest absolute Gasteiger partial charge is 0.492 e. The van der Waals surface area contributed by atoms with Gasteiger partial charge in [0.05, 0.1) is 30.5 Å². The van der Waals surface area contributed by atoms with E-state index >= 15 is 0 Å². The van der Waals surface area contributed by atoms with Crippen molar-refractivity contribution in [1.82, 2.24) is 0 Å². The molecule has 0 bridgehead atoms. The number of hydrogen-bond acceptors (Lipinski definition) is 5. The van der Waals surface area contributed by atoms with Gasteiger partial charge in [0.25, 0.3) is 0 Å². The van der Waals surface area contributed by atoms with Crippen molar-refractivity contribution in [2.45, 2.75) is 45.8 Å². The summed E-state index contributed by atoms with van der Waals surface area (Å²) in [4.78, 5) is 11.6. The van der Waals surface area contributed by atoms with Crippen LogP contribution in [0.3, 0.4) is 0 Å². The first-order valence-electron chi connectivity index (χ1n) is 7.97. The molecule has 1 aromatic rings. The normalized spacial score (nSPS) is 19.5. The van der Waals surface area contributed by atoms with Crippen LogP contribution >= 0.6 is 0 Å². The Morgan fingerprint density at radius 3 is 2.29 bits per heavy atom. The Balaban J connectivity index is 2.30. The lowest BCUT2D eigenvalue weighted by molar-refractivity contribution is 0.00578. The summed E-state index contributed by atoms with van der Waals surface area (Å²) in [7, 11) is 0.757. The molecule has 1 aromatic carbocycles. The number of rotatable bonds is 4. The molecule has 1 heterocycles. The van der Waals surface area contributed by atoms with Gasteiger partial charge in [0.15, 0.2) is 0 Å². The fraction of sp³-hybridized carbons (Fsp3) is 0.500. The van der Waals surface area contributed by atoms with Crippen molar-refractivity contribution in [1.29, 1.82) is 0 Å². The number of ether oxygens (including phenoxy) is 1. The maximum atomic E-state index is 11.6. The maximum Gasteiger partial charge on any atom is 0.492 e. The minimum Gasteiger partial charge on any atom is -0.465 e. The first-order chi connectivity index (χ1) is 11.1. The zero-order valence-electron chi connectivity index (χ0n) is 15.2. The second-order valence-corrected chi connectivity index (χ2v) is 7.03. The van der Waals surface area contributed by atoms with E-state index in [1.54, 1.807) is 12.1 Å². The predicted octanol–water partition coefficient (Wildman–Crippen LogP) is 2.79. The van der Waals surface area contributed by atoms with E-state index in [1.807, 2.05) is 46.8 Å². The van der Waals surface area contributed by atoms with Crippen LogP contribution in [-0.4, -0.2) is 43.1 Å². The molecule has 0 radical (unpaired) electrons. The van der Waals surface area contributed by atoms with Crippen LogP contribution in [0.4, 0.5) is 0 Å². The summed E-state index contributed by atoms with van der Waals surface area (Å²) < 4.78 is 16.7. The summed E-state index contributed by atoms with van der Waals surface area (Å²) in [6, 6.07) is 5.28. The highest BCUT2D eigenvalue weighted by Gasteiger charge is 2.52. The van der Waals surface area contributed by atoms with E-state index < -0.39 is 18.3 Å². The van der Waals surface area contributed by atoms with Crippen molar-refractivity contribution < 1.29 is 23.9 Å². The second kappa shape index (κ2) is 6.71. The van der Waals surface area contributed by atoms with E-state index in [0.717, 1.165) is 11.1 Å². The van der Waals surface area contributed by atoms with Gasteiger partial charge in [-0.3, -0.25) is 0 Å². The molecule has 6 heteroatoms. The Morgan fingerprint density at radius 1 is 1.25 bits per heavy atom. The van der Waals surface area contributed by atoms with Gasteiger partial charge < -0.3 is 19.2 Å². The molecule has 0 spiro atoms. The number of carbonyl (C=O) groups excluding carboxylic acids is 1. The Hall–Kier alpha value is -1.63. The summed E-state index contributed by atoms with van der Waals surface area (Å²) in [6.07, 6.45) is 1.85. The molecule has 0 aliphatic carbocycles. The smallest absolute Gasteiger partial charge is 0.465 e. The molecule has 0 amide bonds. The zero-order chi connectivity index (χ0) is 18.1. The van der Waals surface area contributed by atoms with Gasteiger partial charge in [0.1, 0.15) is 0 Å². The first-order valence-corrected chi connectivity index (χ1v) is 7.97. The van der Waals surface area contributed by atoms with Crippen LogP contribution in [0.25, 0.3) is 6.08 Å². The average Bonchev–Trinajstić information content (AvgIpc) is 2.73. The quantitative estimate of drug-likeness (QED) is 0.678. The molecule has 1 fully saturated rings. The molecule has 130 valence electrons. The van der Waals surface area contributed by atoms with Gasteiger partial charge >= 0.3 is 13.1 Å². The Bertz CT molecular complexity index is 647. The number of aliphatic hydroxyl groups excluding tert-OH is 1. The van der Waals surface area contributed by atoms with E-state index in [2.05, 4.69) is 0 Å². The number of benzene rings is 1. The molecular formula is C18H25BO5. The molecule has 5 nitrogen and oxygen atoms in total. The number of carbonyl (C=O) groups is 1. The van der Waals surface area contributed by atoms with Gasteiger partial charge in [-0.2, -0.15) is 0 Å². The number of methoxy groups -OCH3 is 1. The SMILES string of the molecule is COC(=O)c1ccc(C=C(CO)B2OC(C)(C)C(C)(C)O2)c(C)c1. The van der Waals surface area contributed by atoms with Crippen molar-refractivity contribution >= 4 is 19.2 Å². The van der Waals surface area contributed by atoms with Crippen LogP contribution in [0.1, 0.15) is 49.2 Å². The molecular weight excluding hydrogens is 307 g/mol. The molecule has 2 rings (SSSR count). The lowest BCUT2D eigenvalue weighted by atomic mass is 9.77. The molecule has 1 aliphatic heterocycles. The third kappa shape index (κ3) is 3.56. The van der Waals surface area contributed by atoms with E-state index in [4.69, 9.17) is 14.0 Å². The summed E-state index contributed by atoms with van der Waals surface area (Å²) in [5.41, 5.74) is 2.00. The highest BCUT2D eigenvalue weighted by molar-refractivity contribution is 6.55. The van der Waals surface area contributed by atoms with E-state index in [0.29, 0.717) is 11.0 Å². The van der Waals surface area contributed by atoms with Crippen molar-refractivity contribution in [2.24, 2.45) is 0 Å². The number of aryl methyl sites for hydroxylation is 1. The highest BCUT2D eigenvalue weighted by Crippen LogP contribution is 2.38. The minimum absolute atomic E-state index is 0.172. The zero-order valence-corrected chi connectivity index (χ0v) is 15.2. The Kier molecular flexibility index (Phi) is 5.23. The first kappa shape index (κ1) is 18.7. The number of hydrogen-bond donors (Lipinski definition) is 1. The number of aliphatic hydroxyl groups is 1. The summed E-state index contributed by atoms with van der Waals surface area (Å²) >= 11 is 0.